The Kier molecular flexibility index (Phi) is 14.4. The van der Waals surface area contributed by atoms with Gasteiger partial charge < -0.3 is 25.3 Å². The summed E-state index contributed by atoms with van der Waals surface area (Å²) < 4.78 is 0. The molecule has 13 heteroatoms. The number of carbonyl (C=O) groups is 6. The highest BCUT2D eigenvalue weighted by Gasteiger charge is 2.40. The number of rotatable bonds is 16. The van der Waals surface area contributed by atoms with Crippen LogP contribution in [0.3, 0.4) is 0 Å². The summed E-state index contributed by atoms with van der Waals surface area (Å²) >= 11 is 0. The van der Waals surface area contributed by atoms with Gasteiger partial charge in [-0.15, -0.1) is 0 Å². The van der Waals surface area contributed by atoms with E-state index in [1.165, 1.54) is 5.56 Å². The van der Waals surface area contributed by atoms with Crippen LogP contribution in [0.15, 0.2) is 73.1 Å². The first-order valence-electron chi connectivity index (χ1n) is 21.8. The van der Waals surface area contributed by atoms with E-state index in [1.54, 1.807) is 35.5 Å². The molecule has 7 rings (SSSR count). The Bertz CT molecular complexity index is 2040. The van der Waals surface area contributed by atoms with Crippen molar-refractivity contribution in [1.29, 1.82) is 0 Å². The third-order valence-corrected chi connectivity index (χ3v) is 12.5. The van der Waals surface area contributed by atoms with Crippen LogP contribution in [-0.4, -0.2) is 100 Å². The highest BCUT2D eigenvalue weighted by Crippen LogP contribution is 2.33. The third-order valence-electron chi connectivity index (χ3n) is 12.5. The molecule has 0 spiro atoms. The molecule has 13 nitrogen and oxygen atoms in total. The molecule has 3 saturated heterocycles. The second-order valence-corrected chi connectivity index (χ2v) is 16.5. The Morgan fingerprint density at radius 3 is 2.33 bits per heavy atom. The van der Waals surface area contributed by atoms with E-state index in [-0.39, 0.29) is 36.0 Å². The number of nitrogens with zero attached hydrogens (tertiary/aromatic N) is 4. The van der Waals surface area contributed by atoms with Gasteiger partial charge in [-0.25, -0.2) is 0 Å². The maximum atomic E-state index is 13.4. The topological polar surface area (TPSA) is 161 Å². The zero-order valence-corrected chi connectivity index (χ0v) is 34.4. The van der Waals surface area contributed by atoms with E-state index >= 15 is 0 Å². The van der Waals surface area contributed by atoms with E-state index in [4.69, 9.17) is 0 Å². The second-order valence-electron chi connectivity index (χ2n) is 16.5. The van der Waals surface area contributed by atoms with Gasteiger partial charge in [-0.1, -0.05) is 37.1 Å². The molecule has 0 saturated carbocycles. The van der Waals surface area contributed by atoms with Gasteiger partial charge in [0, 0.05) is 99.5 Å². The van der Waals surface area contributed by atoms with Gasteiger partial charge >= 0.3 is 0 Å². The van der Waals surface area contributed by atoms with Crippen molar-refractivity contribution in [2.45, 2.75) is 95.6 Å². The lowest BCUT2D eigenvalue weighted by Crippen LogP contribution is -2.52. The van der Waals surface area contributed by atoms with Gasteiger partial charge in [-0.3, -0.25) is 39.1 Å². The fourth-order valence-electron chi connectivity index (χ4n) is 8.98. The van der Waals surface area contributed by atoms with Gasteiger partial charge in [-0.05, 0) is 111 Å². The number of hydrogen-bond acceptors (Lipinski definition) is 8. The normalized spacial score (nSPS) is 18.8. The second kappa shape index (κ2) is 20.4. The monoisotopic (exact) mass is 815 g/mol. The van der Waals surface area contributed by atoms with E-state index in [0.717, 1.165) is 106 Å². The molecule has 6 amide bonds. The maximum absolute atomic E-state index is 13.4. The van der Waals surface area contributed by atoms with Crippen LogP contribution in [0.4, 0.5) is 5.69 Å². The van der Waals surface area contributed by atoms with Gasteiger partial charge in [0.1, 0.15) is 6.04 Å². The van der Waals surface area contributed by atoms with E-state index in [2.05, 4.69) is 33.1 Å². The fraction of sp³-hybridized carbons (Fsp3) is 0.468. The molecule has 4 aliphatic rings. The highest BCUT2D eigenvalue weighted by atomic mass is 16.2. The minimum Gasteiger partial charge on any atom is -0.385 e. The molecule has 1 atom stereocenters. The maximum Gasteiger partial charge on any atom is 0.255 e. The summed E-state index contributed by atoms with van der Waals surface area (Å²) in [5.41, 5.74) is 5.14. The van der Waals surface area contributed by atoms with E-state index in [9.17, 15) is 28.8 Å². The quantitative estimate of drug-likeness (QED) is 0.0946. The zero-order chi connectivity index (χ0) is 41.8. The smallest absolute Gasteiger partial charge is 0.255 e. The van der Waals surface area contributed by atoms with Gasteiger partial charge in [0.15, 0.2) is 0 Å². The van der Waals surface area contributed by atoms with Gasteiger partial charge in [0.25, 0.3) is 11.8 Å². The number of carbonyl (C=O) groups excluding carboxylic acids is 6. The zero-order valence-electron chi connectivity index (χ0n) is 34.4. The summed E-state index contributed by atoms with van der Waals surface area (Å²) in [6, 6.07) is 16.8. The molecule has 3 aromatic rings. The highest BCUT2D eigenvalue weighted by molar-refractivity contribution is 6.06. The lowest BCUT2D eigenvalue weighted by Gasteiger charge is -2.33. The first-order valence-corrected chi connectivity index (χ1v) is 21.8. The van der Waals surface area contributed by atoms with Crippen LogP contribution in [0, 0.1) is 5.92 Å². The molecule has 2 aromatic carbocycles. The fourth-order valence-corrected chi connectivity index (χ4v) is 8.98. The number of pyridine rings is 1. The van der Waals surface area contributed by atoms with Gasteiger partial charge in [-0.2, -0.15) is 0 Å². The van der Waals surface area contributed by atoms with Crippen molar-refractivity contribution >= 4 is 47.2 Å². The summed E-state index contributed by atoms with van der Waals surface area (Å²) in [6.45, 7) is 4.63. The number of anilines is 1. The predicted molar refractivity (Wildman–Crippen MR) is 229 cm³/mol. The molecule has 0 bridgehead atoms. The summed E-state index contributed by atoms with van der Waals surface area (Å²) in [4.78, 5) is 85.3. The van der Waals surface area contributed by atoms with Crippen molar-refractivity contribution in [1.82, 2.24) is 30.3 Å². The van der Waals surface area contributed by atoms with Crippen LogP contribution in [-0.2, 0) is 25.7 Å². The molecule has 4 aliphatic heterocycles. The summed E-state index contributed by atoms with van der Waals surface area (Å²) in [6.07, 6.45) is 16.2. The molecule has 0 aliphatic carbocycles. The number of amides is 6. The molecule has 1 aromatic heterocycles. The first kappa shape index (κ1) is 42.3. The van der Waals surface area contributed by atoms with E-state index in [1.807, 2.05) is 46.2 Å². The predicted octanol–water partition coefficient (Wildman–Crippen LogP) is 5.68. The number of piperidine rings is 3. The number of hydrogen-bond donors (Lipinski definition) is 3. The average molecular weight is 816 g/mol. The average Bonchev–Trinajstić information content (AvgIpc) is 3.61. The van der Waals surface area contributed by atoms with Crippen LogP contribution < -0.4 is 16.0 Å². The lowest BCUT2D eigenvalue weighted by atomic mass is 9.88. The Morgan fingerprint density at radius 2 is 1.58 bits per heavy atom. The van der Waals surface area contributed by atoms with Crippen molar-refractivity contribution < 1.29 is 28.8 Å². The standard InChI is InChI=1S/C47H57N7O6/c55-42(18-12-34-8-6-24-48-31-34)50-26-3-1-7-33-20-27-53(28-21-33)46(59)37-15-13-35(14-16-37)36-22-29-52(30-23-36)44(57)11-2-4-25-49-40-10-5-9-38-39(40)32-54(47(38)60)41-17-19-43(56)51-45(41)58/h5-6,8-10,12-16,18,24,31,33,36,41,49H,1-4,7,11,17,19-23,25-30,32H2,(H,50,55)(H,51,56,58)/b18-12+. The van der Waals surface area contributed by atoms with Crippen molar-refractivity contribution in [2.24, 2.45) is 5.92 Å². The Labute approximate surface area is 352 Å². The SMILES string of the molecule is O=C(/C=C/c1cccnc1)NCCCCC1CCN(C(=O)c2ccc(C3CCN(C(=O)CCCCNc4cccc5c4CN(C4CCC(=O)NC4=O)C5=O)CC3)cc2)CC1. The Balaban J connectivity index is 0.751. The number of imide groups is 1. The van der Waals surface area contributed by atoms with Crippen LogP contribution in [0.2, 0.25) is 0 Å². The third kappa shape index (κ3) is 10.8. The Morgan fingerprint density at radius 1 is 0.817 bits per heavy atom. The summed E-state index contributed by atoms with van der Waals surface area (Å²) in [5, 5.41) is 8.74. The summed E-state index contributed by atoms with van der Waals surface area (Å²) in [5.74, 6) is 0.229. The van der Waals surface area contributed by atoms with Gasteiger partial charge in [0.05, 0.1) is 0 Å². The molecular formula is C47H57N7O6. The molecule has 3 fully saturated rings. The molecule has 1 unspecified atom stereocenters. The van der Waals surface area contributed by atoms with E-state index in [0.29, 0.717) is 49.9 Å². The largest absolute Gasteiger partial charge is 0.385 e. The van der Waals surface area contributed by atoms with Gasteiger partial charge in [0.2, 0.25) is 23.6 Å². The molecular weight excluding hydrogens is 759 g/mol. The number of unbranched alkanes of at least 4 members (excludes halogenated alkanes) is 2. The van der Waals surface area contributed by atoms with Crippen LogP contribution in [0.5, 0.6) is 0 Å². The van der Waals surface area contributed by atoms with E-state index < -0.39 is 11.9 Å². The van der Waals surface area contributed by atoms with Crippen LogP contribution >= 0.6 is 0 Å². The number of fused-ring (bicyclic) bond motifs is 1. The van der Waals surface area contributed by atoms with Crippen molar-refractivity contribution in [3.05, 3.63) is 101 Å². The number of aromatic nitrogens is 1. The molecule has 60 heavy (non-hydrogen) atoms. The summed E-state index contributed by atoms with van der Waals surface area (Å²) in [7, 11) is 0. The first-order chi connectivity index (χ1) is 29.2. The minimum atomic E-state index is -0.646. The number of benzene rings is 2. The lowest BCUT2D eigenvalue weighted by molar-refractivity contribution is -0.137. The van der Waals surface area contributed by atoms with Crippen molar-refractivity contribution in [3.63, 3.8) is 0 Å². The molecule has 3 N–H and O–H groups in total. The van der Waals surface area contributed by atoms with Crippen LogP contribution in [0.1, 0.15) is 120 Å². The minimum absolute atomic E-state index is 0.0934. The number of nitrogens with one attached hydrogen (secondary N) is 3. The van der Waals surface area contributed by atoms with Crippen LogP contribution in [0.25, 0.3) is 6.08 Å². The van der Waals surface area contributed by atoms with Crippen molar-refractivity contribution in [3.8, 4) is 0 Å². The Hall–Kier alpha value is -5.85. The number of likely N-dealkylation sites (tertiary alicyclic amines) is 2. The van der Waals surface area contributed by atoms with Crippen molar-refractivity contribution in [2.75, 3.05) is 44.6 Å². The molecule has 0 radical (unpaired) electrons. The molecule has 316 valence electrons. The molecule has 5 heterocycles.